The number of nitrogens with zero attached hydrogens (tertiary/aromatic N) is 1. The SMILES string of the molecule is Cc1ccc(C(CC(=O)N2CCSCC2)C(C)C)cc1. The highest BCUT2D eigenvalue weighted by Gasteiger charge is 2.24. The molecular weight excluding hydrogens is 266 g/mol. The second-order valence-corrected chi connectivity index (χ2v) is 7.18. The molecule has 2 rings (SSSR count). The van der Waals surface area contributed by atoms with Crippen LogP contribution in [-0.4, -0.2) is 35.4 Å². The summed E-state index contributed by atoms with van der Waals surface area (Å²) in [6, 6.07) is 8.65. The molecule has 1 heterocycles. The molecule has 20 heavy (non-hydrogen) atoms. The van der Waals surface area contributed by atoms with Crippen molar-refractivity contribution in [3.05, 3.63) is 35.4 Å². The van der Waals surface area contributed by atoms with E-state index in [0.717, 1.165) is 24.6 Å². The van der Waals surface area contributed by atoms with Gasteiger partial charge in [0.25, 0.3) is 0 Å². The fourth-order valence-electron chi connectivity index (χ4n) is 2.68. The van der Waals surface area contributed by atoms with Gasteiger partial charge in [-0.05, 0) is 24.3 Å². The Labute approximate surface area is 126 Å². The van der Waals surface area contributed by atoms with Crippen LogP contribution >= 0.6 is 11.8 Å². The van der Waals surface area contributed by atoms with E-state index in [0.29, 0.717) is 24.2 Å². The smallest absolute Gasteiger partial charge is 0.223 e. The van der Waals surface area contributed by atoms with Crippen molar-refractivity contribution in [2.75, 3.05) is 24.6 Å². The molecule has 1 amide bonds. The van der Waals surface area contributed by atoms with Crippen LogP contribution < -0.4 is 0 Å². The van der Waals surface area contributed by atoms with Crippen LogP contribution in [0.15, 0.2) is 24.3 Å². The average Bonchev–Trinajstić information content (AvgIpc) is 2.46. The van der Waals surface area contributed by atoms with Gasteiger partial charge in [0.2, 0.25) is 5.91 Å². The number of amides is 1. The molecule has 0 spiro atoms. The van der Waals surface area contributed by atoms with Crippen molar-refractivity contribution in [1.82, 2.24) is 4.90 Å². The number of thioether (sulfide) groups is 1. The fourth-order valence-corrected chi connectivity index (χ4v) is 3.59. The van der Waals surface area contributed by atoms with Crippen LogP contribution in [-0.2, 0) is 4.79 Å². The number of carbonyl (C=O) groups is 1. The Morgan fingerprint density at radius 3 is 2.35 bits per heavy atom. The summed E-state index contributed by atoms with van der Waals surface area (Å²) in [5.74, 6) is 3.31. The zero-order valence-corrected chi connectivity index (χ0v) is 13.6. The van der Waals surface area contributed by atoms with E-state index in [1.165, 1.54) is 11.1 Å². The Balaban J connectivity index is 2.05. The molecule has 1 unspecified atom stereocenters. The summed E-state index contributed by atoms with van der Waals surface area (Å²) >= 11 is 1.95. The predicted octanol–water partition coefficient (Wildman–Crippen LogP) is 3.70. The lowest BCUT2D eigenvalue weighted by molar-refractivity contribution is -0.131. The molecule has 2 nitrogen and oxygen atoms in total. The number of rotatable bonds is 4. The van der Waals surface area contributed by atoms with Gasteiger partial charge in [-0.3, -0.25) is 4.79 Å². The molecule has 0 radical (unpaired) electrons. The number of benzene rings is 1. The van der Waals surface area contributed by atoms with Crippen LogP contribution in [0.1, 0.15) is 37.3 Å². The first-order valence-electron chi connectivity index (χ1n) is 7.50. The Kier molecular flexibility index (Phi) is 5.53. The molecule has 0 aromatic heterocycles. The van der Waals surface area contributed by atoms with Gasteiger partial charge < -0.3 is 4.90 Å². The van der Waals surface area contributed by atoms with Gasteiger partial charge in [0, 0.05) is 31.0 Å². The van der Waals surface area contributed by atoms with Crippen molar-refractivity contribution in [2.45, 2.75) is 33.1 Å². The summed E-state index contributed by atoms with van der Waals surface area (Å²) in [5.41, 5.74) is 2.57. The Morgan fingerprint density at radius 2 is 1.80 bits per heavy atom. The summed E-state index contributed by atoms with van der Waals surface area (Å²) in [6.07, 6.45) is 0.644. The molecule has 1 saturated heterocycles. The van der Waals surface area contributed by atoms with Crippen LogP contribution in [0.4, 0.5) is 0 Å². The van der Waals surface area contributed by atoms with Gasteiger partial charge in [-0.1, -0.05) is 43.7 Å². The van der Waals surface area contributed by atoms with Crippen molar-refractivity contribution < 1.29 is 4.79 Å². The largest absolute Gasteiger partial charge is 0.341 e. The summed E-state index contributed by atoms with van der Waals surface area (Å²) in [7, 11) is 0. The van der Waals surface area contributed by atoms with Crippen molar-refractivity contribution >= 4 is 17.7 Å². The van der Waals surface area contributed by atoms with E-state index >= 15 is 0 Å². The summed E-state index contributed by atoms with van der Waals surface area (Å²) in [5, 5.41) is 0. The third-order valence-corrected chi connectivity index (χ3v) is 5.01. The van der Waals surface area contributed by atoms with E-state index < -0.39 is 0 Å². The molecule has 1 aromatic carbocycles. The van der Waals surface area contributed by atoms with Crippen molar-refractivity contribution in [3.63, 3.8) is 0 Å². The number of aryl methyl sites for hydroxylation is 1. The molecule has 1 aliphatic heterocycles. The minimum absolute atomic E-state index is 0.324. The van der Waals surface area contributed by atoms with E-state index in [1.807, 2.05) is 16.7 Å². The maximum Gasteiger partial charge on any atom is 0.223 e. The second-order valence-electron chi connectivity index (χ2n) is 5.96. The highest BCUT2D eigenvalue weighted by Crippen LogP contribution is 2.29. The van der Waals surface area contributed by atoms with Crippen LogP contribution in [0.5, 0.6) is 0 Å². The van der Waals surface area contributed by atoms with Gasteiger partial charge in [0.15, 0.2) is 0 Å². The van der Waals surface area contributed by atoms with Crippen molar-refractivity contribution in [3.8, 4) is 0 Å². The summed E-state index contributed by atoms with van der Waals surface area (Å²) in [6.45, 7) is 8.36. The maximum atomic E-state index is 12.5. The fraction of sp³-hybridized carbons (Fsp3) is 0.588. The highest BCUT2D eigenvalue weighted by atomic mass is 32.2. The van der Waals surface area contributed by atoms with E-state index in [1.54, 1.807) is 0 Å². The molecule has 0 N–H and O–H groups in total. The predicted molar refractivity (Wildman–Crippen MR) is 87.3 cm³/mol. The van der Waals surface area contributed by atoms with Crippen LogP contribution in [0.2, 0.25) is 0 Å². The molecular formula is C17H25NOS. The molecule has 1 fully saturated rings. The lowest BCUT2D eigenvalue weighted by Crippen LogP contribution is -2.38. The van der Waals surface area contributed by atoms with Gasteiger partial charge in [-0.15, -0.1) is 0 Å². The first kappa shape index (κ1) is 15.4. The third kappa shape index (κ3) is 4.02. The molecule has 0 aliphatic carbocycles. The quantitative estimate of drug-likeness (QED) is 0.843. The monoisotopic (exact) mass is 291 g/mol. The standard InChI is InChI=1S/C17H25NOS/c1-13(2)16(15-6-4-14(3)5-7-15)12-17(19)18-8-10-20-11-9-18/h4-7,13,16H,8-12H2,1-3H3. The Morgan fingerprint density at radius 1 is 1.20 bits per heavy atom. The zero-order chi connectivity index (χ0) is 14.5. The van der Waals surface area contributed by atoms with Crippen LogP contribution in [0.25, 0.3) is 0 Å². The lowest BCUT2D eigenvalue weighted by atomic mass is 9.85. The van der Waals surface area contributed by atoms with Gasteiger partial charge >= 0.3 is 0 Å². The van der Waals surface area contributed by atoms with Crippen LogP contribution in [0.3, 0.4) is 0 Å². The molecule has 1 atom stereocenters. The normalized spacial score (nSPS) is 17.3. The zero-order valence-electron chi connectivity index (χ0n) is 12.8. The molecule has 0 bridgehead atoms. The van der Waals surface area contributed by atoms with Crippen molar-refractivity contribution in [2.24, 2.45) is 5.92 Å². The topological polar surface area (TPSA) is 20.3 Å². The minimum Gasteiger partial charge on any atom is -0.341 e. The molecule has 1 aliphatic rings. The first-order valence-corrected chi connectivity index (χ1v) is 8.65. The molecule has 110 valence electrons. The molecule has 3 heteroatoms. The third-order valence-electron chi connectivity index (χ3n) is 4.07. The van der Waals surface area contributed by atoms with E-state index in [2.05, 4.69) is 45.0 Å². The summed E-state index contributed by atoms with van der Waals surface area (Å²) < 4.78 is 0. The number of hydrogen-bond donors (Lipinski definition) is 0. The summed E-state index contributed by atoms with van der Waals surface area (Å²) in [4.78, 5) is 14.5. The van der Waals surface area contributed by atoms with Gasteiger partial charge in [0.1, 0.15) is 0 Å². The highest BCUT2D eigenvalue weighted by molar-refractivity contribution is 7.99. The van der Waals surface area contributed by atoms with Gasteiger partial charge in [-0.25, -0.2) is 0 Å². The molecule has 1 aromatic rings. The maximum absolute atomic E-state index is 12.5. The second kappa shape index (κ2) is 7.16. The first-order chi connectivity index (χ1) is 9.58. The Bertz CT molecular complexity index is 435. The average molecular weight is 291 g/mol. The number of hydrogen-bond acceptors (Lipinski definition) is 2. The van der Waals surface area contributed by atoms with Gasteiger partial charge in [0.05, 0.1) is 0 Å². The van der Waals surface area contributed by atoms with Crippen molar-refractivity contribution in [1.29, 1.82) is 0 Å². The number of carbonyl (C=O) groups excluding carboxylic acids is 1. The van der Waals surface area contributed by atoms with Gasteiger partial charge in [-0.2, -0.15) is 11.8 Å². The van der Waals surface area contributed by atoms with E-state index in [4.69, 9.17) is 0 Å². The van der Waals surface area contributed by atoms with Crippen LogP contribution in [0, 0.1) is 12.8 Å². The van der Waals surface area contributed by atoms with E-state index in [9.17, 15) is 4.79 Å². The minimum atomic E-state index is 0.324. The Hall–Kier alpha value is -0.960. The lowest BCUT2D eigenvalue weighted by Gasteiger charge is -2.29. The molecule has 0 saturated carbocycles. The van der Waals surface area contributed by atoms with E-state index in [-0.39, 0.29) is 0 Å².